The van der Waals surface area contributed by atoms with Crippen molar-refractivity contribution in [1.29, 1.82) is 0 Å². The van der Waals surface area contributed by atoms with Gasteiger partial charge in [0.2, 0.25) is 0 Å². The number of hydrogen-bond acceptors (Lipinski definition) is 3. The summed E-state index contributed by atoms with van der Waals surface area (Å²) in [6.45, 7) is 3.39. The molecule has 1 amide bonds. The molecule has 1 aliphatic rings. The highest BCUT2D eigenvalue weighted by atomic mass is 16.5. The van der Waals surface area contributed by atoms with E-state index in [1.165, 1.54) is 0 Å². The molecule has 0 saturated carbocycles. The number of rotatable bonds is 4. The highest BCUT2D eigenvalue weighted by molar-refractivity contribution is 5.94. The van der Waals surface area contributed by atoms with Crippen LogP contribution in [0.1, 0.15) is 22.8 Å². The van der Waals surface area contributed by atoms with Gasteiger partial charge in [0, 0.05) is 37.0 Å². The molecule has 1 aromatic heterocycles. The summed E-state index contributed by atoms with van der Waals surface area (Å²) in [4.78, 5) is 16.2. The molecule has 104 valence electrons. The van der Waals surface area contributed by atoms with Gasteiger partial charge < -0.3 is 14.6 Å². The topological polar surface area (TPSA) is 56.2 Å². The van der Waals surface area contributed by atoms with Crippen LogP contribution in [0.4, 0.5) is 0 Å². The fourth-order valence-corrected chi connectivity index (χ4v) is 2.39. The van der Waals surface area contributed by atoms with Crippen molar-refractivity contribution in [3.05, 3.63) is 48.0 Å². The third-order valence-electron chi connectivity index (χ3n) is 3.37. The zero-order chi connectivity index (χ0) is 13.9. The predicted octanol–water partition coefficient (Wildman–Crippen LogP) is 1.64. The van der Waals surface area contributed by atoms with Gasteiger partial charge in [-0.1, -0.05) is 0 Å². The molecule has 2 heterocycles. The van der Waals surface area contributed by atoms with Crippen LogP contribution < -0.4 is 10.1 Å². The molecule has 1 N–H and O–H groups in total. The van der Waals surface area contributed by atoms with Gasteiger partial charge in [-0.3, -0.25) is 4.79 Å². The molecule has 1 aromatic carbocycles. The second-order valence-electron chi connectivity index (χ2n) is 5.05. The van der Waals surface area contributed by atoms with Gasteiger partial charge in [-0.25, -0.2) is 4.98 Å². The Hall–Kier alpha value is -2.30. The van der Waals surface area contributed by atoms with Gasteiger partial charge >= 0.3 is 0 Å². The Balaban J connectivity index is 1.64. The monoisotopic (exact) mass is 271 g/mol. The van der Waals surface area contributed by atoms with Crippen molar-refractivity contribution in [3.63, 3.8) is 0 Å². The van der Waals surface area contributed by atoms with Crippen LogP contribution in [0.5, 0.6) is 5.75 Å². The maximum absolute atomic E-state index is 12.2. The van der Waals surface area contributed by atoms with Crippen LogP contribution in [-0.2, 0) is 13.0 Å². The van der Waals surface area contributed by atoms with E-state index in [-0.39, 0.29) is 11.9 Å². The minimum atomic E-state index is -0.0488. The average Bonchev–Trinajstić information content (AvgIpc) is 3.07. The summed E-state index contributed by atoms with van der Waals surface area (Å²) in [6.07, 6.45) is 6.24. The maximum atomic E-state index is 12.2. The summed E-state index contributed by atoms with van der Waals surface area (Å²) in [5.74, 6) is 0.848. The molecule has 5 nitrogen and oxygen atoms in total. The molecule has 3 rings (SSSR count). The van der Waals surface area contributed by atoms with E-state index in [1.807, 2.05) is 35.9 Å². The van der Waals surface area contributed by atoms with Gasteiger partial charge in [0.25, 0.3) is 5.91 Å². The summed E-state index contributed by atoms with van der Waals surface area (Å²) in [7, 11) is 0. The first-order valence-corrected chi connectivity index (χ1v) is 6.75. The van der Waals surface area contributed by atoms with Gasteiger partial charge in [-0.05, 0) is 30.7 Å². The second-order valence-corrected chi connectivity index (χ2v) is 5.05. The van der Waals surface area contributed by atoms with Crippen LogP contribution in [0.2, 0.25) is 0 Å². The first-order valence-electron chi connectivity index (χ1n) is 6.75. The van der Waals surface area contributed by atoms with E-state index in [0.717, 1.165) is 17.7 Å². The van der Waals surface area contributed by atoms with Crippen molar-refractivity contribution in [1.82, 2.24) is 14.9 Å². The molecule has 20 heavy (non-hydrogen) atoms. The molecule has 5 heteroatoms. The standard InChI is InChI=1S/C15H17N3O2/c1-11(9-18-6-5-16-10-18)17-15(19)13-2-3-14-12(8-13)4-7-20-14/h2-3,5-6,8,10-11H,4,7,9H2,1H3,(H,17,19)/t11-/m0/s1. The average molecular weight is 271 g/mol. The predicted molar refractivity (Wildman–Crippen MR) is 74.8 cm³/mol. The lowest BCUT2D eigenvalue weighted by atomic mass is 10.1. The van der Waals surface area contributed by atoms with Crippen LogP contribution in [0.25, 0.3) is 0 Å². The van der Waals surface area contributed by atoms with E-state index < -0.39 is 0 Å². The van der Waals surface area contributed by atoms with Crippen molar-refractivity contribution in [3.8, 4) is 5.75 Å². The first kappa shape index (κ1) is 12.7. The first-order chi connectivity index (χ1) is 9.72. The highest BCUT2D eigenvalue weighted by Gasteiger charge is 2.16. The fourth-order valence-electron chi connectivity index (χ4n) is 2.39. The second kappa shape index (κ2) is 5.36. The number of carbonyl (C=O) groups is 1. The van der Waals surface area contributed by atoms with Crippen molar-refractivity contribution >= 4 is 5.91 Å². The zero-order valence-corrected chi connectivity index (χ0v) is 11.4. The SMILES string of the molecule is C[C@@H](Cn1ccnc1)NC(=O)c1ccc2c(c1)CCO2. The Kier molecular flexibility index (Phi) is 3.41. The van der Waals surface area contributed by atoms with Gasteiger partial charge in [0.05, 0.1) is 12.9 Å². The number of amides is 1. The number of fused-ring (bicyclic) bond motifs is 1. The van der Waals surface area contributed by atoms with Gasteiger partial charge in [0.1, 0.15) is 5.75 Å². The summed E-state index contributed by atoms with van der Waals surface area (Å²) < 4.78 is 7.39. The third-order valence-corrected chi connectivity index (χ3v) is 3.37. The van der Waals surface area contributed by atoms with Crippen LogP contribution in [0.15, 0.2) is 36.9 Å². The lowest BCUT2D eigenvalue weighted by Crippen LogP contribution is -2.35. The van der Waals surface area contributed by atoms with Crippen LogP contribution in [0, 0.1) is 0 Å². The quantitative estimate of drug-likeness (QED) is 0.919. The molecular weight excluding hydrogens is 254 g/mol. The van der Waals surface area contributed by atoms with E-state index >= 15 is 0 Å². The molecule has 0 aliphatic carbocycles. The molecule has 0 spiro atoms. The summed E-state index contributed by atoms with van der Waals surface area (Å²) in [5, 5.41) is 3.00. The van der Waals surface area contributed by atoms with Crippen molar-refractivity contribution in [2.24, 2.45) is 0 Å². The molecule has 1 aliphatic heterocycles. The van der Waals surface area contributed by atoms with Gasteiger partial charge in [0.15, 0.2) is 0 Å². The normalized spacial score (nSPS) is 14.4. The lowest BCUT2D eigenvalue weighted by molar-refractivity contribution is 0.0936. The largest absolute Gasteiger partial charge is 0.493 e. The van der Waals surface area contributed by atoms with Crippen LogP contribution in [-0.4, -0.2) is 28.1 Å². The molecule has 2 aromatic rings. The molecule has 0 fully saturated rings. The Morgan fingerprint density at radius 2 is 2.45 bits per heavy atom. The molecule has 0 bridgehead atoms. The van der Waals surface area contributed by atoms with E-state index in [0.29, 0.717) is 18.7 Å². The van der Waals surface area contributed by atoms with E-state index in [2.05, 4.69) is 10.3 Å². The fraction of sp³-hybridized carbons (Fsp3) is 0.333. The number of benzene rings is 1. The number of carbonyl (C=O) groups excluding carboxylic acids is 1. The summed E-state index contributed by atoms with van der Waals surface area (Å²) in [5.41, 5.74) is 1.80. The highest BCUT2D eigenvalue weighted by Crippen LogP contribution is 2.25. The Labute approximate surface area is 117 Å². The Morgan fingerprint density at radius 3 is 3.25 bits per heavy atom. The van der Waals surface area contributed by atoms with Crippen molar-refractivity contribution in [2.75, 3.05) is 6.61 Å². The minimum Gasteiger partial charge on any atom is -0.493 e. The zero-order valence-electron chi connectivity index (χ0n) is 11.4. The number of hydrogen-bond donors (Lipinski definition) is 1. The number of ether oxygens (including phenoxy) is 1. The Bertz CT molecular complexity index is 608. The van der Waals surface area contributed by atoms with E-state index in [1.54, 1.807) is 12.5 Å². The minimum absolute atomic E-state index is 0.0428. The number of aromatic nitrogens is 2. The van der Waals surface area contributed by atoms with Crippen molar-refractivity contribution < 1.29 is 9.53 Å². The number of nitrogens with one attached hydrogen (secondary N) is 1. The smallest absolute Gasteiger partial charge is 0.251 e. The Morgan fingerprint density at radius 1 is 1.55 bits per heavy atom. The van der Waals surface area contributed by atoms with E-state index in [9.17, 15) is 4.79 Å². The van der Waals surface area contributed by atoms with Gasteiger partial charge in [-0.2, -0.15) is 0 Å². The lowest BCUT2D eigenvalue weighted by Gasteiger charge is -2.14. The number of nitrogens with zero attached hydrogens (tertiary/aromatic N) is 2. The summed E-state index contributed by atoms with van der Waals surface area (Å²) in [6, 6.07) is 5.64. The molecule has 1 atom stereocenters. The van der Waals surface area contributed by atoms with Crippen LogP contribution in [0.3, 0.4) is 0 Å². The molecule has 0 saturated heterocycles. The number of imidazole rings is 1. The molecule has 0 unspecified atom stereocenters. The third kappa shape index (κ3) is 2.66. The van der Waals surface area contributed by atoms with Crippen LogP contribution >= 0.6 is 0 Å². The van der Waals surface area contributed by atoms with E-state index in [4.69, 9.17) is 4.74 Å². The van der Waals surface area contributed by atoms with Gasteiger partial charge in [-0.15, -0.1) is 0 Å². The van der Waals surface area contributed by atoms with Crippen molar-refractivity contribution in [2.45, 2.75) is 25.9 Å². The maximum Gasteiger partial charge on any atom is 0.251 e. The molecular formula is C15H17N3O2. The summed E-state index contributed by atoms with van der Waals surface area (Å²) >= 11 is 0. The molecule has 0 radical (unpaired) electrons.